The van der Waals surface area contributed by atoms with Crippen LogP contribution in [0, 0.1) is 11.8 Å². The Morgan fingerprint density at radius 1 is 0.958 bits per heavy atom. The van der Waals surface area contributed by atoms with Gasteiger partial charge in [-0.1, -0.05) is 12.1 Å². The standard InChI is InChI=1S/C20H32N2O2/c1-21(2)18-10-16-12-19(13-17(16)11-18)22(3)14-15-4-6-20(7-5-15)24-9-8-23/h4-7,16-19,23H,8-14H2,1-3H3/t16-,17+,18?,19?. The molecule has 1 aromatic rings. The minimum atomic E-state index is 0.0587. The van der Waals surface area contributed by atoms with Gasteiger partial charge in [0.25, 0.3) is 0 Å². The van der Waals surface area contributed by atoms with Crippen molar-refractivity contribution < 1.29 is 9.84 Å². The van der Waals surface area contributed by atoms with E-state index < -0.39 is 0 Å². The summed E-state index contributed by atoms with van der Waals surface area (Å²) in [4.78, 5) is 4.95. The van der Waals surface area contributed by atoms with Crippen molar-refractivity contribution in [1.82, 2.24) is 9.80 Å². The first-order valence-corrected chi connectivity index (χ1v) is 9.26. The van der Waals surface area contributed by atoms with E-state index in [-0.39, 0.29) is 6.61 Å². The lowest BCUT2D eigenvalue weighted by Crippen LogP contribution is -2.31. The molecular formula is C20H32N2O2. The topological polar surface area (TPSA) is 35.9 Å². The Hall–Kier alpha value is -1.10. The van der Waals surface area contributed by atoms with Crippen LogP contribution in [0.1, 0.15) is 31.2 Å². The summed E-state index contributed by atoms with van der Waals surface area (Å²) >= 11 is 0. The van der Waals surface area contributed by atoms with Crippen molar-refractivity contribution in [3.05, 3.63) is 29.8 Å². The molecule has 3 rings (SSSR count). The third-order valence-corrected chi connectivity index (χ3v) is 6.03. The van der Waals surface area contributed by atoms with Crippen molar-refractivity contribution in [1.29, 1.82) is 0 Å². The molecule has 1 N–H and O–H groups in total. The van der Waals surface area contributed by atoms with Gasteiger partial charge in [0.15, 0.2) is 0 Å². The molecule has 4 nitrogen and oxygen atoms in total. The van der Waals surface area contributed by atoms with Gasteiger partial charge < -0.3 is 14.7 Å². The molecule has 2 aliphatic rings. The lowest BCUT2D eigenvalue weighted by Gasteiger charge is -2.27. The molecule has 0 aromatic heterocycles. The van der Waals surface area contributed by atoms with Crippen LogP contribution in [0.2, 0.25) is 0 Å². The first kappa shape index (κ1) is 17.7. The van der Waals surface area contributed by atoms with Crippen molar-refractivity contribution in [2.24, 2.45) is 11.8 Å². The summed E-state index contributed by atoms with van der Waals surface area (Å²) in [6.07, 6.45) is 5.50. The second kappa shape index (κ2) is 7.85. The fraction of sp³-hybridized carbons (Fsp3) is 0.700. The number of hydrogen-bond acceptors (Lipinski definition) is 4. The highest BCUT2D eigenvalue weighted by molar-refractivity contribution is 5.27. The fourth-order valence-electron chi connectivity index (χ4n) is 4.61. The maximum absolute atomic E-state index is 8.80. The van der Waals surface area contributed by atoms with Gasteiger partial charge in [-0.2, -0.15) is 0 Å². The minimum absolute atomic E-state index is 0.0587. The lowest BCUT2D eigenvalue weighted by atomic mass is 10.0. The van der Waals surface area contributed by atoms with E-state index >= 15 is 0 Å². The normalized spacial score (nSPS) is 29.4. The molecule has 0 spiro atoms. The summed E-state index contributed by atoms with van der Waals surface area (Å²) in [6, 6.07) is 9.82. The van der Waals surface area contributed by atoms with Crippen molar-refractivity contribution in [3.63, 3.8) is 0 Å². The van der Waals surface area contributed by atoms with Gasteiger partial charge in [0, 0.05) is 18.6 Å². The third kappa shape index (κ3) is 4.11. The maximum Gasteiger partial charge on any atom is 0.119 e. The average Bonchev–Trinajstić information content (AvgIpc) is 3.13. The predicted octanol–water partition coefficient (Wildman–Crippen LogP) is 2.61. The summed E-state index contributed by atoms with van der Waals surface area (Å²) in [5.41, 5.74) is 1.33. The monoisotopic (exact) mass is 332 g/mol. The Bertz CT molecular complexity index is 503. The molecule has 0 saturated heterocycles. The molecule has 2 saturated carbocycles. The summed E-state index contributed by atoms with van der Waals surface area (Å²) in [6.45, 7) is 1.42. The molecule has 2 aliphatic carbocycles. The number of aliphatic hydroxyl groups excluding tert-OH is 1. The van der Waals surface area contributed by atoms with Crippen molar-refractivity contribution in [3.8, 4) is 5.75 Å². The molecule has 1 aromatic carbocycles. The Kier molecular flexibility index (Phi) is 5.80. The van der Waals surface area contributed by atoms with E-state index in [0.717, 1.165) is 36.2 Å². The third-order valence-electron chi connectivity index (χ3n) is 6.03. The van der Waals surface area contributed by atoms with Crippen LogP contribution in [0.4, 0.5) is 0 Å². The highest BCUT2D eigenvalue weighted by Gasteiger charge is 2.43. The molecule has 0 amide bonds. The molecule has 0 bridgehead atoms. The summed E-state index contributed by atoms with van der Waals surface area (Å²) < 4.78 is 5.43. The highest BCUT2D eigenvalue weighted by Crippen LogP contribution is 2.46. The van der Waals surface area contributed by atoms with Crippen molar-refractivity contribution >= 4 is 0 Å². The van der Waals surface area contributed by atoms with Crippen LogP contribution >= 0.6 is 0 Å². The quantitative estimate of drug-likeness (QED) is 0.833. The number of aliphatic hydroxyl groups is 1. The molecule has 24 heavy (non-hydrogen) atoms. The van der Waals surface area contributed by atoms with Gasteiger partial charge in [0.2, 0.25) is 0 Å². The van der Waals surface area contributed by atoms with E-state index in [2.05, 4.69) is 43.1 Å². The lowest BCUT2D eigenvalue weighted by molar-refractivity contribution is 0.201. The molecule has 0 aliphatic heterocycles. The Morgan fingerprint density at radius 2 is 1.54 bits per heavy atom. The molecule has 0 heterocycles. The molecule has 4 atom stereocenters. The maximum atomic E-state index is 8.80. The Balaban J connectivity index is 1.49. The SMILES string of the molecule is CN(C)C1C[C@@H]2CC(N(C)Cc3ccc(OCCO)cc3)C[C@@H]2C1. The second-order valence-corrected chi connectivity index (χ2v) is 7.87. The van der Waals surface area contributed by atoms with Gasteiger partial charge in [-0.15, -0.1) is 0 Å². The summed E-state index contributed by atoms with van der Waals surface area (Å²) in [5.74, 6) is 2.69. The number of fused-ring (bicyclic) bond motifs is 1. The minimum Gasteiger partial charge on any atom is -0.491 e. The van der Waals surface area contributed by atoms with E-state index in [9.17, 15) is 0 Å². The molecule has 2 fully saturated rings. The van der Waals surface area contributed by atoms with Gasteiger partial charge in [-0.3, -0.25) is 4.90 Å². The van der Waals surface area contributed by atoms with Crippen LogP contribution < -0.4 is 4.74 Å². The van der Waals surface area contributed by atoms with E-state index in [0.29, 0.717) is 6.61 Å². The molecule has 4 heteroatoms. The van der Waals surface area contributed by atoms with Gasteiger partial charge in [0.05, 0.1) is 6.61 Å². The van der Waals surface area contributed by atoms with E-state index in [1.165, 1.54) is 31.2 Å². The Morgan fingerprint density at radius 3 is 2.08 bits per heavy atom. The second-order valence-electron chi connectivity index (χ2n) is 7.87. The van der Waals surface area contributed by atoms with E-state index in [1.54, 1.807) is 0 Å². The zero-order valence-electron chi connectivity index (χ0n) is 15.3. The van der Waals surface area contributed by atoms with Crippen LogP contribution in [-0.2, 0) is 6.54 Å². The molecule has 2 unspecified atom stereocenters. The summed E-state index contributed by atoms with van der Waals surface area (Å²) in [7, 11) is 6.72. The van der Waals surface area contributed by atoms with Gasteiger partial charge in [-0.25, -0.2) is 0 Å². The first-order chi connectivity index (χ1) is 11.6. The van der Waals surface area contributed by atoms with E-state index in [1.807, 2.05) is 12.1 Å². The molecular weight excluding hydrogens is 300 g/mol. The van der Waals surface area contributed by atoms with Crippen LogP contribution in [0.5, 0.6) is 5.75 Å². The van der Waals surface area contributed by atoms with Crippen LogP contribution in [0.3, 0.4) is 0 Å². The highest BCUT2D eigenvalue weighted by atomic mass is 16.5. The number of hydrogen-bond donors (Lipinski definition) is 1. The van der Waals surface area contributed by atoms with Crippen molar-refractivity contribution in [2.75, 3.05) is 34.4 Å². The zero-order valence-corrected chi connectivity index (χ0v) is 15.3. The number of ether oxygens (including phenoxy) is 1. The van der Waals surface area contributed by atoms with Crippen LogP contribution in [0.25, 0.3) is 0 Å². The average molecular weight is 332 g/mol. The summed E-state index contributed by atoms with van der Waals surface area (Å²) in [5, 5.41) is 8.80. The molecule has 134 valence electrons. The van der Waals surface area contributed by atoms with Gasteiger partial charge >= 0.3 is 0 Å². The molecule has 0 radical (unpaired) electrons. The smallest absolute Gasteiger partial charge is 0.119 e. The number of benzene rings is 1. The first-order valence-electron chi connectivity index (χ1n) is 9.26. The predicted molar refractivity (Wildman–Crippen MR) is 97.2 cm³/mol. The van der Waals surface area contributed by atoms with Gasteiger partial charge in [0.1, 0.15) is 12.4 Å². The largest absolute Gasteiger partial charge is 0.491 e. The fourth-order valence-corrected chi connectivity index (χ4v) is 4.61. The Labute approximate surface area is 146 Å². The zero-order chi connectivity index (χ0) is 17.1. The number of nitrogens with zero attached hydrogens (tertiary/aromatic N) is 2. The van der Waals surface area contributed by atoms with Crippen LogP contribution in [-0.4, -0.2) is 61.3 Å². The van der Waals surface area contributed by atoms with E-state index in [4.69, 9.17) is 9.84 Å². The van der Waals surface area contributed by atoms with Crippen molar-refractivity contribution in [2.45, 2.75) is 44.3 Å². The van der Waals surface area contributed by atoms with Gasteiger partial charge in [-0.05, 0) is 76.4 Å². The van der Waals surface area contributed by atoms with Crippen LogP contribution in [0.15, 0.2) is 24.3 Å². The number of rotatable bonds is 7.